The summed E-state index contributed by atoms with van der Waals surface area (Å²) < 4.78 is 5.42. The Balaban J connectivity index is 3.31. The lowest BCUT2D eigenvalue weighted by atomic mass is 10.1. The summed E-state index contributed by atoms with van der Waals surface area (Å²) >= 11 is 0. The molecule has 2 heteroatoms. The molecule has 0 N–H and O–H groups in total. The van der Waals surface area contributed by atoms with Crippen LogP contribution >= 0.6 is 0 Å². The van der Waals surface area contributed by atoms with Crippen LogP contribution in [-0.2, 0) is 9.53 Å². The van der Waals surface area contributed by atoms with Crippen LogP contribution in [0, 0.1) is 0 Å². The number of esters is 1. The smallest absolute Gasteiger partial charge is 0.306 e. The predicted octanol–water partition coefficient (Wildman–Crippen LogP) is 6.03. The minimum Gasteiger partial charge on any atom is -0.463 e. The third-order valence-corrected chi connectivity index (χ3v) is 3.78. The van der Waals surface area contributed by atoms with Crippen LogP contribution in [0.25, 0.3) is 0 Å². The van der Waals surface area contributed by atoms with E-state index >= 15 is 0 Å². The second kappa shape index (κ2) is 14.9. The van der Waals surface area contributed by atoms with E-state index in [-0.39, 0.29) is 12.1 Å². The molecular formula is C18H36O2. The summed E-state index contributed by atoms with van der Waals surface area (Å²) in [6.07, 6.45) is 15.6. The number of rotatable bonds is 14. The van der Waals surface area contributed by atoms with Gasteiger partial charge in [0.2, 0.25) is 0 Å². The van der Waals surface area contributed by atoms with Crippen molar-refractivity contribution in [3.05, 3.63) is 0 Å². The van der Waals surface area contributed by atoms with Gasteiger partial charge in [-0.05, 0) is 26.2 Å². The van der Waals surface area contributed by atoms with Crippen LogP contribution in [0.1, 0.15) is 104 Å². The van der Waals surface area contributed by atoms with E-state index in [1.165, 1.54) is 51.4 Å². The molecule has 0 aliphatic rings. The standard InChI is InChI=1S/C18H36O2/c1-4-6-8-9-10-11-12-14-15-17(3)20-18(19)16-13-7-5-2/h17H,4-16H2,1-3H3. The molecule has 1 atom stereocenters. The topological polar surface area (TPSA) is 26.3 Å². The molecule has 0 saturated carbocycles. The molecule has 20 heavy (non-hydrogen) atoms. The highest BCUT2D eigenvalue weighted by molar-refractivity contribution is 5.69. The van der Waals surface area contributed by atoms with Crippen molar-refractivity contribution in [1.29, 1.82) is 0 Å². The summed E-state index contributed by atoms with van der Waals surface area (Å²) in [5, 5.41) is 0. The highest BCUT2D eigenvalue weighted by Gasteiger charge is 2.08. The first-order valence-corrected chi connectivity index (χ1v) is 8.90. The molecule has 0 heterocycles. The van der Waals surface area contributed by atoms with Gasteiger partial charge in [-0.2, -0.15) is 0 Å². The van der Waals surface area contributed by atoms with Gasteiger partial charge in [0, 0.05) is 6.42 Å². The minimum absolute atomic E-state index is 0.00878. The van der Waals surface area contributed by atoms with Gasteiger partial charge in [-0.3, -0.25) is 4.79 Å². The van der Waals surface area contributed by atoms with Gasteiger partial charge >= 0.3 is 5.97 Å². The van der Waals surface area contributed by atoms with Gasteiger partial charge in [0.1, 0.15) is 0 Å². The van der Waals surface area contributed by atoms with Gasteiger partial charge in [-0.1, -0.05) is 71.6 Å². The molecule has 0 fully saturated rings. The summed E-state index contributed by atoms with van der Waals surface area (Å²) in [4.78, 5) is 11.5. The SMILES string of the molecule is CCCCCCCCCCC(C)OC(=O)CCCCC. The summed E-state index contributed by atoms with van der Waals surface area (Å²) in [6.45, 7) is 6.43. The van der Waals surface area contributed by atoms with E-state index in [0.29, 0.717) is 6.42 Å². The molecular weight excluding hydrogens is 248 g/mol. The zero-order valence-electron chi connectivity index (χ0n) is 14.1. The van der Waals surface area contributed by atoms with Crippen molar-refractivity contribution in [3.63, 3.8) is 0 Å². The number of hydrogen-bond donors (Lipinski definition) is 0. The molecule has 1 unspecified atom stereocenters. The Hall–Kier alpha value is -0.530. The minimum atomic E-state index is -0.00878. The first-order chi connectivity index (χ1) is 9.70. The van der Waals surface area contributed by atoms with Crippen molar-refractivity contribution >= 4 is 5.97 Å². The van der Waals surface area contributed by atoms with Crippen molar-refractivity contribution in [3.8, 4) is 0 Å². The zero-order valence-corrected chi connectivity index (χ0v) is 14.1. The molecule has 0 aliphatic heterocycles. The molecule has 0 rings (SSSR count). The second-order valence-electron chi connectivity index (χ2n) is 6.02. The molecule has 2 nitrogen and oxygen atoms in total. The van der Waals surface area contributed by atoms with E-state index in [1.54, 1.807) is 0 Å². The van der Waals surface area contributed by atoms with Crippen molar-refractivity contribution in [2.75, 3.05) is 0 Å². The number of carbonyl (C=O) groups is 1. The van der Waals surface area contributed by atoms with Gasteiger partial charge in [0.05, 0.1) is 6.10 Å². The summed E-state index contributed by atoms with van der Waals surface area (Å²) in [5.74, 6) is -0.00878. The van der Waals surface area contributed by atoms with Crippen LogP contribution in [0.4, 0.5) is 0 Å². The molecule has 0 radical (unpaired) electrons. The van der Waals surface area contributed by atoms with Gasteiger partial charge in [0.25, 0.3) is 0 Å². The second-order valence-corrected chi connectivity index (χ2v) is 6.02. The third-order valence-electron chi connectivity index (χ3n) is 3.78. The van der Waals surface area contributed by atoms with Crippen LogP contribution in [0.15, 0.2) is 0 Å². The molecule has 0 aromatic rings. The van der Waals surface area contributed by atoms with Crippen LogP contribution in [0.5, 0.6) is 0 Å². The molecule has 0 bridgehead atoms. The normalized spacial score (nSPS) is 12.3. The molecule has 120 valence electrons. The number of unbranched alkanes of at least 4 members (excludes halogenated alkanes) is 9. The Bertz CT molecular complexity index is 213. The van der Waals surface area contributed by atoms with E-state index in [1.807, 2.05) is 6.92 Å². The van der Waals surface area contributed by atoms with Crippen LogP contribution in [0.2, 0.25) is 0 Å². The van der Waals surface area contributed by atoms with E-state index in [2.05, 4.69) is 13.8 Å². The Morgan fingerprint density at radius 1 is 0.800 bits per heavy atom. The van der Waals surface area contributed by atoms with Crippen LogP contribution < -0.4 is 0 Å². The van der Waals surface area contributed by atoms with Gasteiger partial charge in [-0.25, -0.2) is 0 Å². The van der Waals surface area contributed by atoms with E-state index in [0.717, 1.165) is 25.7 Å². The molecule has 0 spiro atoms. The fourth-order valence-electron chi connectivity index (χ4n) is 2.43. The summed E-state index contributed by atoms with van der Waals surface area (Å²) in [7, 11) is 0. The molecule has 0 aliphatic carbocycles. The van der Waals surface area contributed by atoms with E-state index < -0.39 is 0 Å². The largest absolute Gasteiger partial charge is 0.463 e. The quantitative estimate of drug-likeness (QED) is 0.287. The third kappa shape index (κ3) is 13.9. The maximum atomic E-state index is 11.5. The fourth-order valence-corrected chi connectivity index (χ4v) is 2.43. The molecule has 0 aromatic heterocycles. The predicted molar refractivity (Wildman–Crippen MR) is 86.9 cm³/mol. The fraction of sp³-hybridized carbons (Fsp3) is 0.944. The lowest BCUT2D eigenvalue weighted by Gasteiger charge is -2.13. The van der Waals surface area contributed by atoms with Crippen molar-refractivity contribution in [2.24, 2.45) is 0 Å². The lowest BCUT2D eigenvalue weighted by molar-refractivity contribution is -0.148. The van der Waals surface area contributed by atoms with E-state index in [9.17, 15) is 4.79 Å². The average Bonchev–Trinajstić information content (AvgIpc) is 2.42. The van der Waals surface area contributed by atoms with Gasteiger partial charge < -0.3 is 4.74 Å². The first-order valence-electron chi connectivity index (χ1n) is 8.90. The zero-order chi connectivity index (χ0) is 15.1. The van der Waals surface area contributed by atoms with Crippen LogP contribution in [0.3, 0.4) is 0 Å². The maximum absolute atomic E-state index is 11.5. The Morgan fingerprint density at radius 3 is 1.90 bits per heavy atom. The monoisotopic (exact) mass is 284 g/mol. The summed E-state index contributed by atoms with van der Waals surface area (Å²) in [5.41, 5.74) is 0. The Kier molecular flexibility index (Phi) is 14.5. The lowest BCUT2D eigenvalue weighted by Crippen LogP contribution is -2.14. The molecule has 0 amide bonds. The Morgan fingerprint density at radius 2 is 1.30 bits per heavy atom. The highest BCUT2D eigenvalue weighted by Crippen LogP contribution is 2.12. The first kappa shape index (κ1) is 19.5. The van der Waals surface area contributed by atoms with Crippen molar-refractivity contribution in [2.45, 2.75) is 110 Å². The average molecular weight is 284 g/mol. The molecule has 0 aromatic carbocycles. The van der Waals surface area contributed by atoms with Crippen molar-refractivity contribution < 1.29 is 9.53 Å². The van der Waals surface area contributed by atoms with Gasteiger partial charge in [-0.15, -0.1) is 0 Å². The van der Waals surface area contributed by atoms with Crippen LogP contribution in [-0.4, -0.2) is 12.1 Å². The number of ether oxygens (including phenoxy) is 1. The number of carbonyl (C=O) groups excluding carboxylic acids is 1. The molecule has 0 saturated heterocycles. The van der Waals surface area contributed by atoms with E-state index in [4.69, 9.17) is 4.74 Å². The Labute approximate surface area is 126 Å². The maximum Gasteiger partial charge on any atom is 0.306 e. The van der Waals surface area contributed by atoms with Crippen molar-refractivity contribution in [1.82, 2.24) is 0 Å². The summed E-state index contributed by atoms with van der Waals surface area (Å²) in [6, 6.07) is 0. The van der Waals surface area contributed by atoms with Gasteiger partial charge in [0.15, 0.2) is 0 Å². The number of hydrogen-bond acceptors (Lipinski definition) is 2. The highest BCUT2D eigenvalue weighted by atomic mass is 16.5.